The minimum absolute atomic E-state index is 0.183. The Morgan fingerprint density at radius 1 is 1.47 bits per heavy atom. The average molecular weight is 222 g/mol. The number of nitrogens with one attached hydrogen (secondary N) is 1. The lowest BCUT2D eigenvalue weighted by molar-refractivity contribution is 0.630. The first-order chi connectivity index (χ1) is 7.33. The van der Waals surface area contributed by atoms with Gasteiger partial charge in [0.25, 0.3) is 0 Å². The number of thiazole rings is 1. The number of fused-ring (bicyclic) bond motifs is 1. The maximum Gasteiger partial charge on any atom is 0.124 e. The minimum atomic E-state index is -0.183. The van der Waals surface area contributed by atoms with Gasteiger partial charge in [0, 0.05) is 0 Å². The largest absolute Gasteiger partial charge is 0.308 e. The maximum absolute atomic E-state index is 13.0. The van der Waals surface area contributed by atoms with Gasteiger partial charge in [-0.05, 0) is 37.6 Å². The average Bonchev–Trinajstić information content (AvgIpc) is 2.84. The summed E-state index contributed by atoms with van der Waals surface area (Å²) in [7, 11) is 0. The lowest BCUT2D eigenvalue weighted by Crippen LogP contribution is -2.12. The van der Waals surface area contributed by atoms with E-state index in [1.54, 1.807) is 23.5 Å². The van der Waals surface area contributed by atoms with E-state index in [1.807, 2.05) is 0 Å². The van der Waals surface area contributed by atoms with Crippen LogP contribution in [0.5, 0.6) is 0 Å². The Hall–Kier alpha value is -1.00. The molecule has 0 spiro atoms. The predicted octanol–water partition coefficient (Wildman–Crippen LogP) is 2.86. The van der Waals surface area contributed by atoms with Gasteiger partial charge in [-0.2, -0.15) is 0 Å². The quantitative estimate of drug-likeness (QED) is 0.802. The van der Waals surface area contributed by atoms with Crippen molar-refractivity contribution in [1.82, 2.24) is 10.3 Å². The molecule has 1 N–H and O–H groups in total. The van der Waals surface area contributed by atoms with E-state index >= 15 is 0 Å². The van der Waals surface area contributed by atoms with E-state index in [0.29, 0.717) is 6.04 Å². The first-order valence-electron chi connectivity index (χ1n) is 5.12. The highest BCUT2D eigenvalue weighted by Gasteiger charge is 2.19. The molecule has 1 saturated heterocycles. The summed E-state index contributed by atoms with van der Waals surface area (Å²) in [5.74, 6) is -0.183. The van der Waals surface area contributed by atoms with Crippen LogP contribution >= 0.6 is 11.3 Å². The number of nitrogens with zero attached hydrogens (tertiary/aromatic N) is 1. The van der Waals surface area contributed by atoms with Gasteiger partial charge in [0.2, 0.25) is 0 Å². The maximum atomic E-state index is 13.0. The fourth-order valence-electron chi connectivity index (χ4n) is 1.96. The van der Waals surface area contributed by atoms with Crippen molar-refractivity contribution in [2.24, 2.45) is 0 Å². The third-order valence-corrected chi connectivity index (χ3v) is 3.86. The van der Waals surface area contributed by atoms with E-state index in [9.17, 15) is 4.39 Å². The van der Waals surface area contributed by atoms with Crippen LogP contribution in [0.3, 0.4) is 0 Å². The van der Waals surface area contributed by atoms with Crippen molar-refractivity contribution in [2.45, 2.75) is 18.9 Å². The van der Waals surface area contributed by atoms with Gasteiger partial charge in [0.05, 0.1) is 16.3 Å². The summed E-state index contributed by atoms with van der Waals surface area (Å²) in [6.45, 7) is 1.06. The molecule has 78 valence electrons. The van der Waals surface area contributed by atoms with Crippen LogP contribution in [0.25, 0.3) is 10.2 Å². The van der Waals surface area contributed by atoms with Gasteiger partial charge in [-0.3, -0.25) is 0 Å². The van der Waals surface area contributed by atoms with Gasteiger partial charge in [-0.25, -0.2) is 9.37 Å². The summed E-state index contributed by atoms with van der Waals surface area (Å²) < 4.78 is 13.9. The summed E-state index contributed by atoms with van der Waals surface area (Å²) >= 11 is 1.60. The molecule has 0 amide bonds. The number of aromatic nitrogens is 1. The van der Waals surface area contributed by atoms with E-state index in [-0.39, 0.29) is 5.82 Å². The second kappa shape index (κ2) is 3.54. The molecule has 0 radical (unpaired) electrons. The number of halogens is 1. The molecule has 1 aromatic carbocycles. The summed E-state index contributed by atoms with van der Waals surface area (Å²) in [6, 6.07) is 5.16. The highest BCUT2D eigenvalue weighted by atomic mass is 32.1. The standard InChI is InChI=1S/C11H11FN2S/c12-7-3-4-8-10(6-7)15-11(14-8)9-2-1-5-13-9/h3-4,6,9,13H,1-2,5H2/t9-/m1/s1. The highest BCUT2D eigenvalue weighted by molar-refractivity contribution is 7.18. The Bertz CT molecular complexity index is 488. The van der Waals surface area contributed by atoms with Crippen LogP contribution in [0, 0.1) is 5.82 Å². The summed E-state index contributed by atoms with van der Waals surface area (Å²) in [5.41, 5.74) is 0.908. The van der Waals surface area contributed by atoms with Gasteiger partial charge in [0.15, 0.2) is 0 Å². The molecule has 1 aromatic heterocycles. The molecule has 2 nitrogen and oxygen atoms in total. The SMILES string of the molecule is Fc1ccc2nc([C@H]3CCCN3)sc2c1. The number of rotatable bonds is 1. The molecule has 1 aliphatic heterocycles. The Balaban J connectivity index is 2.05. The predicted molar refractivity (Wildman–Crippen MR) is 59.6 cm³/mol. The molecule has 0 unspecified atom stereocenters. The molecule has 2 heterocycles. The molecule has 1 fully saturated rings. The van der Waals surface area contributed by atoms with E-state index < -0.39 is 0 Å². The van der Waals surface area contributed by atoms with E-state index in [1.165, 1.54) is 12.5 Å². The summed E-state index contributed by atoms with van der Waals surface area (Å²) in [4.78, 5) is 4.53. The van der Waals surface area contributed by atoms with Crippen molar-refractivity contribution in [1.29, 1.82) is 0 Å². The van der Waals surface area contributed by atoms with Crippen molar-refractivity contribution in [3.63, 3.8) is 0 Å². The van der Waals surface area contributed by atoms with Gasteiger partial charge in [-0.15, -0.1) is 11.3 Å². The van der Waals surface area contributed by atoms with Gasteiger partial charge >= 0.3 is 0 Å². The Kier molecular flexibility index (Phi) is 2.18. The topological polar surface area (TPSA) is 24.9 Å². The fraction of sp³-hybridized carbons (Fsp3) is 0.364. The van der Waals surface area contributed by atoms with Crippen molar-refractivity contribution >= 4 is 21.6 Å². The molecule has 1 aliphatic rings. The number of hydrogen-bond donors (Lipinski definition) is 1. The Morgan fingerprint density at radius 3 is 3.20 bits per heavy atom. The van der Waals surface area contributed by atoms with Crippen LogP contribution in [-0.2, 0) is 0 Å². The third-order valence-electron chi connectivity index (χ3n) is 2.73. The van der Waals surface area contributed by atoms with Gasteiger partial charge in [0.1, 0.15) is 10.8 Å². The van der Waals surface area contributed by atoms with Crippen molar-refractivity contribution in [3.8, 4) is 0 Å². The summed E-state index contributed by atoms with van der Waals surface area (Å²) in [5, 5.41) is 4.49. The summed E-state index contributed by atoms with van der Waals surface area (Å²) in [6.07, 6.45) is 2.34. The smallest absolute Gasteiger partial charge is 0.124 e. The molecule has 4 heteroatoms. The zero-order chi connectivity index (χ0) is 10.3. The monoisotopic (exact) mass is 222 g/mol. The van der Waals surface area contributed by atoms with Crippen LogP contribution in [-0.4, -0.2) is 11.5 Å². The van der Waals surface area contributed by atoms with E-state index in [2.05, 4.69) is 10.3 Å². The van der Waals surface area contributed by atoms with Crippen LogP contribution in [0.1, 0.15) is 23.9 Å². The second-order valence-electron chi connectivity index (χ2n) is 3.81. The van der Waals surface area contributed by atoms with Crippen molar-refractivity contribution < 1.29 is 4.39 Å². The molecule has 0 aliphatic carbocycles. The van der Waals surface area contributed by atoms with Crippen molar-refractivity contribution in [3.05, 3.63) is 29.0 Å². The molecular formula is C11H11FN2S. The Morgan fingerprint density at radius 2 is 2.40 bits per heavy atom. The molecular weight excluding hydrogens is 211 g/mol. The molecule has 1 atom stereocenters. The lowest BCUT2D eigenvalue weighted by Gasteiger charge is -2.03. The number of benzene rings is 1. The molecule has 0 saturated carbocycles. The molecule has 15 heavy (non-hydrogen) atoms. The first-order valence-corrected chi connectivity index (χ1v) is 5.94. The minimum Gasteiger partial charge on any atom is -0.308 e. The normalized spacial score (nSPS) is 21.3. The highest BCUT2D eigenvalue weighted by Crippen LogP contribution is 2.30. The van der Waals surface area contributed by atoms with Gasteiger partial charge in [-0.1, -0.05) is 0 Å². The number of hydrogen-bond acceptors (Lipinski definition) is 3. The van der Waals surface area contributed by atoms with Gasteiger partial charge < -0.3 is 5.32 Å². The van der Waals surface area contributed by atoms with Crippen LogP contribution in [0.4, 0.5) is 4.39 Å². The van der Waals surface area contributed by atoms with Crippen LogP contribution in [0.15, 0.2) is 18.2 Å². The molecule has 3 rings (SSSR count). The first kappa shape index (κ1) is 9.24. The zero-order valence-corrected chi connectivity index (χ0v) is 8.98. The molecule has 0 bridgehead atoms. The second-order valence-corrected chi connectivity index (χ2v) is 4.88. The zero-order valence-electron chi connectivity index (χ0n) is 8.16. The van der Waals surface area contributed by atoms with Crippen LogP contribution < -0.4 is 5.32 Å². The van der Waals surface area contributed by atoms with E-state index in [4.69, 9.17) is 0 Å². The third kappa shape index (κ3) is 1.64. The fourth-order valence-corrected chi connectivity index (χ4v) is 3.06. The van der Waals surface area contributed by atoms with Crippen LogP contribution in [0.2, 0.25) is 0 Å². The van der Waals surface area contributed by atoms with Crippen molar-refractivity contribution in [2.75, 3.05) is 6.54 Å². The molecule has 2 aromatic rings. The lowest BCUT2D eigenvalue weighted by atomic mass is 10.2. The van der Waals surface area contributed by atoms with E-state index in [0.717, 1.165) is 28.2 Å². The Labute approximate surface area is 91.1 Å².